The van der Waals surface area contributed by atoms with Crippen molar-refractivity contribution in [2.24, 2.45) is 0 Å². The van der Waals surface area contributed by atoms with Crippen LogP contribution in [0.3, 0.4) is 0 Å². The summed E-state index contributed by atoms with van der Waals surface area (Å²) in [4.78, 5) is 16.4. The zero-order valence-electron chi connectivity index (χ0n) is 12.9. The second-order valence-corrected chi connectivity index (χ2v) is 5.33. The monoisotopic (exact) mass is 344 g/mol. The highest BCUT2D eigenvalue weighted by molar-refractivity contribution is 6.31. The van der Waals surface area contributed by atoms with Crippen molar-refractivity contribution in [2.45, 2.75) is 6.92 Å². The fraction of sp³-hybridized carbons (Fsp3) is 0.118. The van der Waals surface area contributed by atoms with Gasteiger partial charge in [0.2, 0.25) is 11.7 Å². The SMILES string of the molecule is COc1ccc(Cl)cc1C(=O)Oc1ccc(-c2noc(C)n2)cc1. The highest BCUT2D eigenvalue weighted by Crippen LogP contribution is 2.25. The maximum Gasteiger partial charge on any atom is 0.347 e. The standard InChI is InChI=1S/C17H13ClN2O4/c1-10-19-16(20-24-10)11-3-6-13(7-4-11)23-17(21)14-9-12(18)5-8-15(14)22-2/h3-9H,1-2H3. The molecule has 122 valence electrons. The third kappa shape index (κ3) is 3.38. The average Bonchev–Trinajstić information content (AvgIpc) is 3.02. The molecule has 0 radical (unpaired) electrons. The Kier molecular flexibility index (Phi) is 4.48. The molecule has 3 rings (SSSR count). The maximum absolute atomic E-state index is 12.3. The number of hydrogen-bond donors (Lipinski definition) is 0. The third-order valence-corrected chi connectivity index (χ3v) is 3.47. The summed E-state index contributed by atoms with van der Waals surface area (Å²) in [5.41, 5.74) is 1.01. The molecule has 0 N–H and O–H groups in total. The molecule has 0 aliphatic rings. The lowest BCUT2D eigenvalue weighted by atomic mass is 10.2. The normalized spacial score (nSPS) is 10.5. The highest BCUT2D eigenvalue weighted by atomic mass is 35.5. The summed E-state index contributed by atoms with van der Waals surface area (Å²) in [6.07, 6.45) is 0. The Morgan fingerprint density at radius 3 is 2.54 bits per heavy atom. The van der Waals surface area contributed by atoms with Crippen molar-refractivity contribution in [1.29, 1.82) is 0 Å². The molecule has 0 fully saturated rings. The van der Waals surface area contributed by atoms with Crippen LogP contribution in [-0.2, 0) is 0 Å². The lowest BCUT2D eigenvalue weighted by Crippen LogP contribution is -2.10. The van der Waals surface area contributed by atoms with E-state index in [2.05, 4.69) is 10.1 Å². The zero-order valence-corrected chi connectivity index (χ0v) is 13.7. The summed E-state index contributed by atoms with van der Waals surface area (Å²) in [5.74, 6) is 1.17. The summed E-state index contributed by atoms with van der Waals surface area (Å²) in [6.45, 7) is 1.71. The van der Waals surface area contributed by atoms with Gasteiger partial charge in [0.25, 0.3) is 0 Å². The minimum absolute atomic E-state index is 0.253. The summed E-state index contributed by atoms with van der Waals surface area (Å²) < 4.78 is 15.4. The van der Waals surface area contributed by atoms with Crippen LogP contribution < -0.4 is 9.47 Å². The Hall–Kier alpha value is -2.86. The molecule has 1 aromatic heterocycles. The Balaban J connectivity index is 1.79. The van der Waals surface area contributed by atoms with Crippen molar-refractivity contribution in [3.63, 3.8) is 0 Å². The quantitative estimate of drug-likeness (QED) is 0.527. The number of aromatic nitrogens is 2. The summed E-state index contributed by atoms with van der Waals surface area (Å²) >= 11 is 5.93. The molecule has 0 amide bonds. The molecule has 24 heavy (non-hydrogen) atoms. The van der Waals surface area contributed by atoms with Gasteiger partial charge in [-0.3, -0.25) is 0 Å². The van der Waals surface area contributed by atoms with Gasteiger partial charge in [-0.05, 0) is 42.5 Å². The van der Waals surface area contributed by atoms with E-state index in [0.29, 0.717) is 28.2 Å². The van der Waals surface area contributed by atoms with E-state index in [1.54, 1.807) is 43.3 Å². The molecular weight excluding hydrogens is 332 g/mol. The number of carbonyl (C=O) groups is 1. The van der Waals surface area contributed by atoms with Gasteiger partial charge < -0.3 is 14.0 Å². The molecule has 0 atom stereocenters. The molecule has 0 aliphatic heterocycles. The molecule has 1 heterocycles. The first-order valence-corrected chi connectivity index (χ1v) is 7.41. The molecular formula is C17H13ClN2O4. The molecule has 3 aromatic rings. The first kappa shape index (κ1) is 16.0. The first-order valence-electron chi connectivity index (χ1n) is 7.03. The second kappa shape index (κ2) is 6.72. The minimum atomic E-state index is -0.558. The topological polar surface area (TPSA) is 74.5 Å². The van der Waals surface area contributed by atoms with Crippen molar-refractivity contribution in [3.05, 3.63) is 58.9 Å². The summed E-state index contributed by atoms with van der Waals surface area (Å²) in [7, 11) is 1.47. The average molecular weight is 345 g/mol. The number of hydrogen-bond acceptors (Lipinski definition) is 6. The molecule has 2 aromatic carbocycles. The summed E-state index contributed by atoms with van der Waals surface area (Å²) in [6, 6.07) is 11.5. The lowest BCUT2D eigenvalue weighted by Gasteiger charge is -2.09. The van der Waals surface area contributed by atoms with Gasteiger partial charge in [-0.15, -0.1) is 0 Å². The number of esters is 1. The van der Waals surface area contributed by atoms with Crippen LogP contribution in [0.2, 0.25) is 5.02 Å². The van der Waals surface area contributed by atoms with E-state index in [0.717, 1.165) is 5.56 Å². The van der Waals surface area contributed by atoms with Gasteiger partial charge in [-0.2, -0.15) is 4.98 Å². The van der Waals surface area contributed by atoms with Crippen molar-refractivity contribution in [2.75, 3.05) is 7.11 Å². The number of benzene rings is 2. The molecule has 6 nitrogen and oxygen atoms in total. The Bertz CT molecular complexity index is 875. The Morgan fingerprint density at radius 2 is 1.92 bits per heavy atom. The Labute approximate surface area is 143 Å². The third-order valence-electron chi connectivity index (χ3n) is 3.23. The smallest absolute Gasteiger partial charge is 0.347 e. The van der Waals surface area contributed by atoms with Crippen LogP contribution in [0.15, 0.2) is 47.0 Å². The van der Waals surface area contributed by atoms with Crippen LogP contribution in [0.25, 0.3) is 11.4 Å². The number of rotatable bonds is 4. The van der Waals surface area contributed by atoms with Gasteiger partial charge in [0.1, 0.15) is 17.1 Å². The van der Waals surface area contributed by atoms with Crippen molar-refractivity contribution in [1.82, 2.24) is 10.1 Å². The van der Waals surface area contributed by atoms with Crippen LogP contribution in [-0.4, -0.2) is 23.2 Å². The Morgan fingerprint density at radius 1 is 1.17 bits per heavy atom. The number of halogens is 1. The van der Waals surface area contributed by atoms with E-state index in [4.69, 9.17) is 25.6 Å². The van der Waals surface area contributed by atoms with E-state index >= 15 is 0 Å². The first-order chi connectivity index (χ1) is 11.6. The number of ether oxygens (including phenoxy) is 2. The predicted octanol–water partition coefficient (Wildman–Crippen LogP) is 3.93. The van der Waals surface area contributed by atoms with E-state index in [9.17, 15) is 4.79 Å². The van der Waals surface area contributed by atoms with Crippen molar-refractivity contribution >= 4 is 17.6 Å². The van der Waals surface area contributed by atoms with Crippen molar-refractivity contribution < 1.29 is 18.8 Å². The molecule has 0 saturated heterocycles. The van der Waals surface area contributed by atoms with Crippen LogP contribution in [0, 0.1) is 6.92 Å². The minimum Gasteiger partial charge on any atom is -0.496 e. The number of methoxy groups -OCH3 is 1. The molecule has 0 bridgehead atoms. The second-order valence-electron chi connectivity index (χ2n) is 4.90. The van der Waals surface area contributed by atoms with Gasteiger partial charge in [0.05, 0.1) is 7.11 Å². The molecule has 7 heteroatoms. The van der Waals surface area contributed by atoms with E-state index in [1.807, 2.05) is 0 Å². The van der Waals surface area contributed by atoms with Gasteiger partial charge in [0.15, 0.2) is 0 Å². The van der Waals surface area contributed by atoms with Crippen LogP contribution >= 0.6 is 11.6 Å². The number of aryl methyl sites for hydroxylation is 1. The van der Waals surface area contributed by atoms with Gasteiger partial charge >= 0.3 is 5.97 Å². The molecule has 0 spiro atoms. The molecule has 0 aliphatic carbocycles. The largest absolute Gasteiger partial charge is 0.496 e. The van der Waals surface area contributed by atoms with Gasteiger partial charge in [0, 0.05) is 17.5 Å². The van der Waals surface area contributed by atoms with Crippen LogP contribution in [0.4, 0.5) is 0 Å². The van der Waals surface area contributed by atoms with E-state index in [1.165, 1.54) is 13.2 Å². The van der Waals surface area contributed by atoms with E-state index in [-0.39, 0.29) is 5.56 Å². The number of carbonyl (C=O) groups excluding carboxylic acids is 1. The van der Waals surface area contributed by atoms with Crippen LogP contribution in [0.5, 0.6) is 11.5 Å². The predicted molar refractivity (Wildman–Crippen MR) is 87.4 cm³/mol. The lowest BCUT2D eigenvalue weighted by molar-refractivity contribution is 0.0731. The van der Waals surface area contributed by atoms with E-state index < -0.39 is 5.97 Å². The molecule has 0 unspecified atom stereocenters. The van der Waals surface area contributed by atoms with Gasteiger partial charge in [-0.25, -0.2) is 4.79 Å². The van der Waals surface area contributed by atoms with Crippen LogP contribution in [0.1, 0.15) is 16.2 Å². The maximum atomic E-state index is 12.3. The fourth-order valence-corrected chi connectivity index (χ4v) is 2.26. The highest BCUT2D eigenvalue weighted by Gasteiger charge is 2.15. The zero-order chi connectivity index (χ0) is 17.1. The van der Waals surface area contributed by atoms with Gasteiger partial charge in [-0.1, -0.05) is 16.8 Å². The number of nitrogens with zero attached hydrogens (tertiary/aromatic N) is 2. The summed E-state index contributed by atoms with van der Waals surface area (Å²) in [5, 5.41) is 4.25. The van der Waals surface area contributed by atoms with Crippen molar-refractivity contribution in [3.8, 4) is 22.9 Å². The molecule has 0 saturated carbocycles. The fourth-order valence-electron chi connectivity index (χ4n) is 2.09.